The summed E-state index contributed by atoms with van der Waals surface area (Å²) >= 11 is 0. The molecule has 2 N–H and O–H groups in total. The molecule has 3 nitrogen and oxygen atoms in total. The van der Waals surface area contributed by atoms with E-state index in [1.807, 2.05) is 11.8 Å². The van der Waals surface area contributed by atoms with Crippen LogP contribution in [0.25, 0.3) is 0 Å². The van der Waals surface area contributed by atoms with E-state index in [0.717, 1.165) is 32.4 Å². The minimum absolute atomic E-state index is 0.143. The molecular formula is C10H20N2O. The zero-order chi connectivity index (χ0) is 9.68. The first-order valence-electron chi connectivity index (χ1n) is 5.30. The fraction of sp³-hybridized carbons (Fsp3) is 0.900. The molecule has 1 atom stereocenters. The summed E-state index contributed by atoms with van der Waals surface area (Å²) in [5, 5.41) is 0. The molecule has 0 aromatic rings. The Morgan fingerprint density at radius 2 is 1.85 bits per heavy atom. The fourth-order valence-corrected chi connectivity index (χ4v) is 1.70. The lowest BCUT2D eigenvalue weighted by atomic mass is 10.2. The Morgan fingerprint density at radius 3 is 2.31 bits per heavy atom. The minimum Gasteiger partial charge on any atom is -0.341 e. The van der Waals surface area contributed by atoms with Gasteiger partial charge >= 0.3 is 0 Å². The van der Waals surface area contributed by atoms with Gasteiger partial charge in [-0.15, -0.1) is 0 Å². The predicted octanol–water partition coefficient (Wildman–Crippen LogP) is 1.13. The summed E-state index contributed by atoms with van der Waals surface area (Å²) in [6.45, 7) is 3.78. The van der Waals surface area contributed by atoms with Gasteiger partial charge in [0.2, 0.25) is 5.91 Å². The lowest BCUT2D eigenvalue weighted by Crippen LogP contribution is -2.43. The zero-order valence-electron chi connectivity index (χ0n) is 8.46. The molecule has 1 heterocycles. The number of nitrogens with zero attached hydrogens (tertiary/aromatic N) is 1. The van der Waals surface area contributed by atoms with Gasteiger partial charge in [-0.2, -0.15) is 0 Å². The third-order valence-electron chi connectivity index (χ3n) is 2.67. The fourth-order valence-electron chi connectivity index (χ4n) is 1.70. The molecule has 1 saturated heterocycles. The molecule has 1 aliphatic rings. The van der Waals surface area contributed by atoms with E-state index in [-0.39, 0.29) is 11.9 Å². The van der Waals surface area contributed by atoms with E-state index in [1.54, 1.807) is 0 Å². The summed E-state index contributed by atoms with van der Waals surface area (Å²) in [5.41, 5.74) is 5.71. The number of carbonyl (C=O) groups excluding carboxylic acids is 1. The van der Waals surface area contributed by atoms with Crippen molar-refractivity contribution in [1.82, 2.24) is 4.90 Å². The monoisotopic (exact) mass is 184 g/mol. The average molecular weight is 184 g/mol. The van der Waals surface area contributed by atoms with E-state index in [2.05, 4.69) is 0 Å². The molecule has 76 valence electrons. The first-order valence-corrected chi connectivity index (χ1v) is 5.30. The van der Waals surface area contributed by atoms with Gasteiger partial charge in [0.15, 0.2) is 0 Å². The topological polar surface area (TPSA) is 46.3 Å². The molecule has 1 aliphatic heterocycles. The second-order valence-corrected chi connectivity index (χ2v) is 3.75. The van der Waals surface area contributed by atoms with Crippen LogP contribution in [0.2, 0.25) is 0 Å². The van der Waals surface area contributed by atoms with Crippen molar-refractivity contribution in [3.05, 3.63) is 0 Å². The molecule has 1 fully saturated rings. The van der Waals surface area contributed by atoms with Crippen LogP contribution in [-0.4, -0.2) is 29.9 Å². The van der Waals surface area contributed by atoms with Crippen LogP contribution in [-0.2, 0) is 4.79 Å². The van der Waals surface area contributed by atoms with E-state index < -0.39 is 0 Å². The van der Waals surface area contributed by atoms with E-state index >= 15 is 0 Å². The summed E-state index contributed by atoms with van der Waals surface area (Å²) in [6.07, 6.45) is 5.54. The van der Waals surface area contributed by atoms with Crippen LogP contribution >= 0.6 is 0 Å². The first-order chi connectivity index (χ1) is 6.25. The van der Waals surface area contributed by atoms with Gasteiger partial charge in [0.1, 0.15) is 0 Å². The highest BCUT2D eigenvalue weighted by atomic mass is 16.2. The molecular weight excluding hydrogens is 164 g/mol. The van der Waals surface area contributed by atoms with Gasteiger partial charge in [-0.1, -0.05) is 19.8 Å². The SMILES string of the molecule is CCC(N)C(=O)N1CCCCCC1. The van der Waals surface area contributed by atoms with Gasteiger partial charge in [0.05, 0.1) is 6.04 Å². The molecule has 3 heteroatoms. The van der Waals surface area contributed by atoms with Gasteiger partial charge in [-0.25, -0.2) is 0 Å². The zero-order valence-corrected chi connectivity index (χ0v) is 8.46. The number of hydrogen-bond donors (Lipinski definition) is 1. The summed E-state index contributed by atoms with van der Waals surface area (Å²) < 4.78 is 0. The quantitative estimate of drug-likeness (QED) is 0.699. The van der Waals surface area contributed by atoms with Crippen LogP contribution in [0.1, 0.15) is 39.0 Å². The Balaban J connectivity index is 2.43. The van der Waals surface area contributed by atoms with Crippen LogP contribution in [0.15, 0.2) is 0 Å². The molecule has 1 rings (SSSR count). The summed E-state index contributed by atoms with van der Waals surface area (Å²) in [5.74, 6) is 0.143. The predicted molar refractivity (Wildman–Crippen MR) is 53.3 cm³/mol. The van der Waals surface area contributed by atoms with Crippen molar-refractivity contribution in [2.45, 2.75) is 45.1 Å². The first kappa shape index (κ1) is 10.5. The Kier molecular flexibility index (Phi) is 4.22. The maximum Gasteiger partial charge on any atom is 0.239 e. The highest BCUT2D eigenvalue weighted by Gasteiger charge is 2.19. The normalized spacial score (nSPS) is 20.9. The second kappa shape index (κ2) is 5.22. The molecule has 13 heavy (non-hydrogen) atoms. The average Bonchev–Trinajstić information content (AvgIpc) is 2.43. The molecule has 0 aromatic heterocycles. The standard InChI is InChI=1S/C10H20N2O/c1-2-9(11)10(13)12-7-5-3-4-6-8-12/h9H,2-8,11H2,1H3. The number of rotatable bonds is 2. The van der Waals surface area contributed by atoms with E-state index in [4.69, 9.17) is 5.73 Å². The van der Waals surface area contributed by atoms with E-state index in [0.29, 0.717) is 0 Å². The molecule has 0 bridgehead atoms. The van der Waals surface area contributed by atoms with Crippen molar-refractivity contribution < 1.29 is 4.79 Å². The Bertz CT molecular complexity index is 162. The Morgan fingerprint density at radius 1 is 1.31 bits per heavy atom. The largest absolute Gasteiger partial charge is 0.341 e. The van der Waals surface area contributed by atoms with Crippen LogP contribution < -0.4 is 5.73 Å². The van der Waals surface area contributed by atoms with Crippen LogP contribution in [0.3, 0.4) is 0 Å². The lowest BCUT2D eigenvalue weighted by Gasteiger charge is -2.23. The third-order valence-corrected chi connectivity index (χ3v) is 2.67. The molecule has 0 saturated carbocycles. The Labute approximate surface area is 80.3 Å². The number of hydrogen-bond acceptors (Lipinski definition) is 2. The van der Waals surface area contributed by atoms with Crippen LogP contribution in [0.5, 0.6) is 0 Å². The second-order valence-electron chi connectivity index (χ2n) is 3.75. The molecule has 0 aliphatic carbocycles. The molecule has 1 unspecified atom stereocenters. The smallest absolute Gasteiger partial charge is 0.239 e. The van der Waals surface area contributed by atoms with Gasteiger partial charge < -0.3 is 10.6 Å². The molecule has 1 amide bonds. The van der Waals surface area contributed by atoms with Crippen molar-refractivity contribution in [3.8, 4) is 0 Å². The third kappa shape index (κ3) is 2.99. The number of nitrogens with two attached hydrogens (primary N) is 1. The molecule has 0 radical (unpaired) electrons. The van der Waals surface area contributed by atoms with Crippen molar-refractivity contribution in [2.24, 2.45) is 5.73 Å². The Hall–Kier alpha value is -0.570. The highest BCUT2D eigenvalue weighted by molar-refractivity contribution is 5.81. The summed E-state index contributed by atoms with van der Waals surface area (Å²) in [7, 11) is 0. The van der Waals surface area contributed by atoms with E-state index in [9.17, 15) is 4.79 Å². The molecule has 0 spiro atoms. The highest BCUT2D eigenvalue weighted by Crippen LogP contribution is 2.10. The minimum atomic E-state index is -0.280. The number of carbonyl (C=O) groups is 1. The van der Waals surface area contributed by atoms with Crippen LogP contribution in [0.4, 0.5) is 0 Å². The van der Waals surface area contributed by atoms with Gasteiger partial charge in [-0.05, 0) is 19.3 Å². The van der Waals surface area contributed by atoms with Crippen molar-refractivity contribution >= 4 is 5.91 Å². The maximum atomic E-state index is 11.7. The van der Waals surface area contributed by atoms with Gasteiger partial charge in [0, 0.05) is 13.1 Å². The summed E-state index contributed by atoms with van der Waals surface area (Å²) in [4.78, 5) is 13.6. The number of likely N-dealkylation sites (tertiary alicyclic amines) is 1. The molecule has 0 aromatic carbocycles. The van der Waals surface area contributed by atoms with Crippen molar-refractivity contribution in [1.29, 1.82) is 0 Å². The number of amides is 1. The van der Waals surface area contributed by atoms with Gasteiger partial charge in [-0.3, -0.25) is 4.79 Å². The van der Waals surface area contributed by atoms with Crippen LogP contribution in [0, 0.1) is 0 Å². The van der Waals surface area contributed by atoms with Crippen molar-refractivity contribution in [3.63, 3.8) is 0 Å². The van der Waals surface area contributed by atoms with E-state index in [1.165, 1.54) is 12.8 Å². The van der Waals surface area contributed by atoms with Gasteiger partial charge in [0.25, 0.3) is 0 Å². The summed E-state index contributed by atoms with van der Waals surface area (Å²) in [6, 6.07) is -0.280. The lowest BCUT2D eigenvalue weighted by molar-refractivity contribution is -0.132. The van der Waals surface area contributed by atoms with Crippen molar-refractivity contribution in [2.75, 3.05) is 13.1 Å². The maximum absolute atomic E-state index is 11.7.